The van der Waals surface area contributed by atoms with Gasteiger partial charge in [-0.05, 0) is 85.9 Å². The van der Waals surface area contributed by atoms with Gasteiger partial charge < -0.3 is 24.7 Å². The van der Waals surface area contributed by atoms with Crippen molar-refractivity contribution in [3.63, 3.8) is 0 Å². The number of rotatable bonds is 8. The summed E-state index contributed by atoms with van der Waals surface area (Å²) in [5.74, 6) is 1.99. The van der Waals surface area contributed by atoms with Gasteiger partial charge in [-0.15, -0.1) is 0 Å². The van der Waals surface area contributed by atoms with Crippen LogP contribution in [0.4, 0.5) is 11.4 Å². The molecule has 0 bridgehead atoms. The van der Waals surface area contributed by atoms with E-state index >= 15 is 0 Å². The largest absolute Gasteiger partial charge is 0.494 e. The van der Waals surface area contributed by atoms with E-state index in [2.05, 4.69) is 15.6 Å². The van der Waals surface area contributed by atoms with Crippen molar-refractivity contribution in [2.75, 3.05) is 16.8 Å². The number of hydrogen-bond acceptors (Lipinski definition) is 5. The first-order valence-electron chi connectivity index (χ1n) is 12.8. The number of aromatic nitrogens is 1. The van der Waals surface area contributed by atoms with Gasteiger partial charge in [0.2, 0.25) is 5.91 Å². The Hall–Kier alpha value is -3.88. The zero-order valence-electron chi connectivity index (χ0n) is 21.9. The van der Waals surface area contributed by atoms with Crippen molar-refractivity contribution in [3.05, 3.63) is 95.5 Å². The summed E-state index contributed by atoms with van der Waals surface area (Å²) in [6.07, 6.45) is 1.76. The van der Waals surface area contributed by atoms with Crippen LogP contribution in [0, 0.1) is 5.92 Å². The number of nitrogens with one attached hydrogen (secondary N) is 2. The summed E-state index contributed by atoms with van der Waals surface area (Å²) in [7, 11) is 0. The molecule has 0 aliphatic carbocycles. The first-order valence-corrected chi connectivity index (χ1v) is 13.6. The summed E-state index contributed by atoms with van der Waals surface area (Å²) in [4.78, 5) is 18.8. The van der Waals surface area contributed by atoms with Crippen molar-refractivity contribution in [1.82, 2.24) is 10.3 Å². The van der Waals surface area contributed by atoms with E-state index in [9.17, 15) is 4.79 Å². The van der Waals surface area contributed by atoms with Crippen LogP contribution in [0.1, 0.15) is 44.3 Å². The quantitative estimate of drug-likeness (QED) is 0.221. The molecule has 1 aliphatic heterocycles. The smallest absolute Gasteiger partial charge is 0.226 e. The van der Waals surface area contributed by atoms with Gasteiger partial charge in [-0.3, -0.25) is 9.78 Å². The van der Waals surface area contributed by atoms with Gasteiger partial charge in [0, 0.05) is 23.4 Å². The molecule has 1 fully saturated rings. The highest BCUT2D eigenvalue weighted by atomic mass is 35.5. The highest BCUT2D eigenvalue weighted by Gasteiger charge is 2.42. The molecule has 0 saturated carbocycles. The predicted molar refractivity (Wildman–Crippen MR) is 158 cm³/mol. The van der Waals surface area contributed by atoms with Gasteiger partial charge in [0.1, 0.15) is 23.3 Å². The summed E-state index contributed by atoms with van der Waals surface area (Å²) in [5, 5.41) is 7.23. The third-order valence-corrected chi connectivity index (χ3v) is 7.11. The fourth-order valence-electron chi connectivity index (χ4n) is 4.50. The minimum Gasteiger partial charge on any atom is -0.494 e. The van der Waals surface area contributed by atoms with Gasteiger partial charge >= 0.3 is 0 Å². The summed E-state index contributed by atoms with van der Waals surface area (Å²) in [5.41, 5.74) is 3.08. The lowest BCUT2D eigenvalue weighted by Crippen LogP contribution is -2.29. The molecule has 1 saturated heterocycles. The van der Waals surface area contributed by atoms with Crippen LogP contribution in [0.2, 0.25) is 5.02 Å². The van der Waals surface area contributed by atoms with Crippen molar-refractivity contribution >= 4 is 46.2 Å². The lowest BCUT2D eigenvalue weighted by atomic mass is 10.0. The molecule has 4 aromatic rings. The number of carbonyl (C=O) groups is 1. The maximum atomic E-state index is 12.2. The standard InChI is InChI=1S/C30H29ClN4O3S/c1-4-37-21-11-8-19(9-12-21)25-14-15-26(38-25)28-27(24-7-5-6-16-32-24)34-30(39)35(28)20-10-13-23(22(31)17-20)33-29(36)18(2)3/h5-18,27-28H,4H2,1-3H3,(H,33,36)(H,34,39)/t27-,28-/m0/s1. The first kappa shape index (κ1) is 26.7. The van der Waals surface area contributed by atoms with E-state index in [1.165, 1.54) is 0 Å². The SMILES string of the molecule is CCOc1ccc(-c2ccc([C@H]3[C@H](c4ccccn4)NC(=S)N3c3ccc(NC(=O)C(C)C)c(Cl)c3)o2)cc1. The lowest BCUT2D eigenvalue weighted by Gasteiger charge is -2.26. The van der Waals surface area contributed by atoms with Gasteiger partial charge in [-0.1, -0.05) is 31.5 Å². The number of carbonyl (C=O) groups excluding carboxylic acids is 1. The molecule has 39 heavy (non-hydrogen) atoms. The second-order valence-corrected chi connectivity index (χ2v) is 10.3. The lowest BCUT2D eigenvalue weighted by molar-refractivity contribution is -0.118. The molecule has 1 amide bonds. The molecule has 200 valence electrons. The highest BCUT2D eigenvalue weighted by Crippen LogP contribution is 2.44. The van der Waals surface area contributed by atoms with Gasteiger partial charge in [0.05, 0.1) is 29.1 Å². The molecule has 0 unspecified atom stereocenters. The number of ether oxygens (including phenoxy) is 1. The van der Waals surface area contributed by atoms with Crippen LogP contribution in [0.25, 0.3) is 11.3 Å². The van der Waals surface area contributed by atoms with Crippen LogP contribution in [0.15, 0.2) is 83.4 Å². The van der Waals surface area contributed by atoms with Crippen molar-refractivity contribution < 1.29 is 13.9 Å². The molecular weight excluding hydrogens is 532 g/mol. The van der Waals surface area contributed by atoms with Crippen molar-refractivity contribution in [2.45, 2.75) is 32.9 Å². The molecule has 7 nitrogen and oxygen atoms in total. The Morgan fingerprint density at radius 1 is 1.15 bits per heavy atom. The van der Waals surface area contributed by atoms with Crippen molar-refractivity contribution in [1.29, 1.82) is 0 Å². The summed E-state index contributed by atoms with van der Waals surface area (Å²) < 4.78 is 12.0. The Bertz CT molecular complexity index is 1470. The number of pyridine rings is 1. The molecule has 2 atom stereocenters. The highest BCUT2D eigenvalue weighted by molar-refractivity contribution is 7.80. The number of anilines is 2. The molecule has 3 heterocycles. The van der Waals surface area contributed by atoms with E-state index in [0.29, 0.717) is 22.4 Å². The number of halogens is 1. The van der Waals surface area contributed by atoms with Crippen LogP contribution < -0.4 is 20.3 Å². The topological polar surface area (TPSA) is 79.6 Å². The Kier molecular flexibility index (Phi) is 7.86. The Morgan fingerprint density at radius 3 is 2.62 bits per heavy atom. The van der Waals surface area contributed by atoms with Crippen molar-refractivity contribution in [3.8, 4) is 17.1 Å². The van der Waals surface area contributed by atoms with E-state index < -0.39 is 0 Å². The van der Waals surface area contributed by atoms with E-state index in [-0.39, 0.29) is 23.9 Å². The van der Waals surface area contributed by atoms with E-state index in [1.807, 2.05) is 86.3 Å². The number of benzene rings is 2. The molecule has 0 spiro atoms. The van der Waals surface area contributed by atoms with Crippen LogP contribution in [-0.2, 0) is 4.79 Å². The number of hydrogen-bond donors (Lipinski definition) is 2. The third kappa shape index (κ3) is 5.62. The number of amides is 1. The van der Waals surface area contributed by atoms with Crippen LogP contribution >= 0.6 is 23.8 Å². The summed E-state index contributed by atoms with van der Waals surface area (Å²) in [6.45, 7) is 6.23. The van der Waals surface area contributed by atoms with Gasteiger partial charge in [0.25, 0.3) is 0 Å². The maximum absolute atomic E-state index is 12.2. The molecule has 2 aromatic heterocycles. The van der Waals surface area contributed by atoms with Crippen LogP contribution in [0.3, 0.4) is 0 Å². The zero-order valence-corrected chi connectivity index (χ0v) is 23.4. The Morgan fingerprint density at radius 2 is 1.95 bits per heavy atom. The van der Waals surface area contributed by atoms with Gasteiger partial charge in [-0.25, -0.2) is 0 Å². The second-order valence-electron chi connectivity index (χ2n) is 9.46. The zero-order chi connectivity index (χ0) is 27.5. The molecule has 5 rings (SSSR count). The monoisotopic (exact) mass is 560 g/mol. The summed E-state index contributed by atoms with van der Waals surface area (Å²) >= 11 is 12.4. The van der Waals surface area contributed by atoms with E-state index in [1.54, 1.807) is 18.3 Å². The molecule has 2 aromatic carbocycles. The molecule has 1 aliphatic rings. The van der Waals surface area contributed by atoms with Crippen LogP contribution in [0.5, 0.6) is 5.75 Å². The second kappa shape index (κ2) is 11.5. The average Bonchev–Trinajstić information content (AvgIpc) is 3.55. The molecular formula is C30H29ClN4O3S. The fourth-order valence-corrected chi connectivity index (χ4v) is 5.07. The van der Waals surface area contributed by atoms with Gasteiger partial charge in [-0.2, -0.15) is 0 Å². The minimum atomic E-state index is -0.337. The number of thiocarbonyl (C=S) groups is 1. The maximum Gasteiger partial charge on any atom is 0.226 e. The van der Waals surface area contributed by atoms with E-state index in [4.69, 9.17) is 33.0 Å². The Labute approximate surface area is 238 Å². The number of nitrogens with zero attached hydrogens (tertiary/aromatic N) is 2. The molecule has 2 N–H and O–H groups in total. The predicted octanol–water partition coefficient (Wildman–Crippen LogP) is 7.17. The van der Waals surface area contributed by atoms with Crippen LogP contribution in [-0.4, -0.2) is 22.6 Å². The van der Waals surface area contributed by atoms with Gasteiger partial charge in [0.15, 0.2) is 5.11 Å². The molecule has 9 heteroatoms. The summed E-state index contributed by atoms with van der Waals surface area (Å²) in [6, 6.07) is 22.4. The Balaban J connectivity index is 1.51. The molecule has 0 radical (unpaired) electrons. The fraction of sp³-hybridized carbons (Fsp3) is 0.233. The third-order valence-electron chi connectivity index (χ3n) is 6.48. The normalized spacial score (nSPS) is 16.8. The number of furan rings is 1. The van der Waals surface area contributed by atoms with Crippen molar-refractivity contribution in [2.24, 2.45) is 5.92 Å². The first-order chi connectivity index (χ1) is 18.9. The average molecular weight is 561 g/mol. The minimum absolute atomic E-state index is 0.103. The van der Waals surface area contributed by atoms with E-state index in [0.717, 1.165) is 34.2 Å².